The second-order valence-corrected chi connectivity index (χ2v) is 4.73. The van der Waals surface area contributed by atoms with Crippen molar-refractivity contribution in [2.24, 2.45) is 0 Å². The van der Waals surface area contributed by atoms with E-state index in [1.165, 1.54) is 0 Å². The summed E-state index contributed by atoms with van der Waals surface area (Å²) in [5, 5.41) is 1.87. The van der Waals surface area contributed by atoms with E-state index < -0.39 is 0 Å². The lowest BCUT2D eigenvalue weighted by Crippen LogP contribution is -1.83. The van der Waals surface area contributed by atoms with Crippen LogP contribution in [0, 0.1) is 0 Å². The van der Waals surface area contributed by atoms with Crippen molar-refractivity contribution in [1.82, 2.24) is 4.98 Å². The van der Waals surface area contributed by atoms with Gasteiger partial charge in [0.2, 0.25) is 0 Å². The van der Waals surface area contributed by atoms with Gasteiger partial charge in [-0.05, 0) is 18.2 Å². The first-order chi connectivity index (χ1) is 7.59. The lowest BCUT2D eigenvalue weighted by molar-refractivity contribution is 1.33. The summed E-state index contributed by atoms with van der Waals surface area (Å²) in [6.07, 6.45) is 3.19. The maximum absolute atomic E-state index is 6.09. The predicted molar refractivity (Wildman–Crippen MR) is 69.7 cm³/mol. The molecule has 0 fully saturated rings. The van der Waals surface area contributed by atoms with Crippen molar-refractivity contribution in [1.29, 1.82) is 0 Å². The molecule has 2 aromatic rings. The van der Waals surface area contributed by atoms with Gasteiger partial charge < -0.3 is 0 Å². The standard InChI is InChI=1S/C11H5Cl4N/c12-8-4-10(14)9(13)3-7(8)6-1-2-16-5-11(6)15/h1-5H. The molecule has 5 heteroatoms. The molecular weight excluding hydrogens is 288 g/mol. The van der Waals surface area contributed by atoms with E-state index in [9.17, 15) is 0 Å². The van der Waals surface area contributed by atoms with Crippen LogP contribution >= 0.6 is 46.4 Å². The van der Waals surface area contributed by atoms with Crippen molar-refractivity contribution >= 4 is 46.4 Å². The highest BCUT2D eigenvalue weighted by atomic mass is 35.5. The van der Waals surface area contributed by atoms with Crippen LogP contribution in [0.4, 0.5) is 0 Å². The van der Waals surface area contributed by atoms with Crippen LogP contribution in [-0.2, 0) is 0 Å². The van der Waals surface area contributed by atoms with Crippen molar-refractivity contribution in [3.05, 3.63) is 50.7 Å². The van der Waals surface area contributed by atoms with Gasteiger partial charge in [0, 0.05) is 23.5 Å². The third-order valence-electron chi connectivity index (χ3n) is 2.07. The number of hydrogen-bond donors (Lipinski definition) is 0. The van der Waals surface area contributed by atoms with E-state index in [1.807, 2.05) is 0 Å². The number of aromatic nitrogens is 1. The van der Waals surface area contributed by atoms with E-state index >= 15 is 0 Å². The Hall–Kier alpha value is -0.470. The first kappa shape index (κ1) is 12.0. The van der Waals surface area contributed by atoms with Gasteiger partial charge >= 0.3 is 0 Å². The molecule has 1 nitrogen and oxygen atoms in total. The summed E-state index contributed by atoms with van der Waals surface area (Å²) >= 11 is 23.9. The Morgan fingerprint density at radius 3 is 2.12 bits per heavy atom. The summed E-state index contributed by atoms with van der Waals surface area (Å²) in [5.41, 5.74) is 1.52. The average Bonchev–Trinajstić information content (AvgIpc) is 2.25. The molecule has 82 valence electrons. The number of benzene rings is 1. The zero-order valence-electron chi connectivity index (χ0n) is 7.85. The summed E-state index contributed by atoms with van der Waals surface area (Å²) < 4.78 is 0. The van der Waals surface area contributed by atoms with Crippen molar-refractivity contribution < 1.29 is 0 Å². The van der Waals surface area contributed by atoms with Crippen LogP contribution in [-0.4, -0.2) is 4.98 Å². The number of pyridine rings is 1. The zero-order valence-corrected chi connectivity index (χ0v) is 10.9. The SMILES string of the molecule is Clc1cc(Cl)c(-c2ccncc2Cl)cc1Cl. The topological polar surface area (TPSA) is 12.9 Å². The van der Waals surface area contributed by atoms with Crippen molar-refractivity contribution in [3.63, 3.8) is 0 Å². The minimum Gasteiger partial charge on any atom is -0.263 e. The molecule has 1 aromatic heterocycles. The van der Waals surface area contributed by atoms with Gasteiger partial charge in [0.25, 0.3) is 0 Å². The van der Waals surface area contributed by atoms with Crippen LogP contribution < -0.4 is 0 Å². The molecule has 0 aliphatic carbocycles. The van der Waals surface area contributed by atoms with Gasteiger partial charge in [-0.3, -0.25) is 4.98 Å². The van der Waals surface area contributed by atoms with Crippen LogP contribution in [0.15, 0.2) is 30.6 Å². The van der Waals surface area contributed by atoms with Gasteiger partial charge in [-0.2, -0.15) is 0 Å². The molecule has 0 unspecified atom stereocenters. The first-order valence-corrected chi connectivity index (χ1v) is 5.85. The van der Waals surface area contributed by atoms with Crippen molar-refractivity contribution in [3.8, 4) is 11.1 Å². The summed E-state index contributed by atoms with van der Waals surface area (Å²) in [6.45, 7) is 0. The Morgan fingerprint density at radius 1 is 0.750 bits per heavy atom. The van der Waals surface area contributed by atoms with Gasteiger partial charge in [-0.25, -0.2) is 0 Å². The molecule has 0 amide bonds. The van der Waals surface area contributed by atoms with E-state index in [0.717, 1.165) is 11.1 Å². The second-order valence-electron chi connectivity index (χ2n) is 3.10. The Kier molecular flexibility index (Phi) is 3.60. The molecule has 0 atom stereocenters. The predicted octanol–water partition coefficient (Wildman–Crippen LogP) is 5.36. The summed E-state index contributed by atoms with van der Waals surface area (Å²) in [7, 11) is 0. The van der Waals surface area contributed by atoms with Crippen LogP contribution in [0.3, 0.4) is 0 Å². The van der Waals surface area contributed by atoms with Gasteiger partial charge in [0.1, 0.15) is 0 Å². The number of nitrogens with zero attached hydrogens (tertiary/aromatic N) is 1. The average molecular weight is 293 g/mol. The van der Waals surface area contributed by atoms with E-state index in [0.29, 0.717) is 20.1 Å². The van der Waals surface area contributed by atoms with Crippen molar-refractivity contribution in [2.75, 3.05) is 0 Å². The molecule has 0 bridgehead atoms. The minimum absolute atomic E-state index is 0.417. The Morgan fingerprint density at radius 2 is 1.44 bits per heavy atom. The minimum atomic E-state index is 0.417. The lowest BCUT2D eigenvalue weighted by Gasteiger charge is -2.07. The van der Waals surface area contributed by atoms with E-state index in [-0.39, 0.29) is 0 Å². The molecule has 0 aliphatic rings. The molecule has 2 rings (SSSR count). The number of halogens is 4. The van der Waals surface area contributed by atoms with Gasteiger partial charge in [0.15, 0.2) is 0 Å². The van der Waals surface area contributed by atoms with E-state index in [4.69, 9.17) is 46.4 Å². The van der Waals surface area contributed by atoms with Crippen LogP contribution in [0.1, 0.15) is 0 Å². The summed E-state index contributed by atoms with van der Waals surface area (Å²) in [6, 6.07) is 5.05. The molecule has 16 heavy (non-hydrogen) atoms. The molecular formula is C11H5Cl4N. The maximum Gasteiger partial charge on any atom is 0.0668 e. The fourth-order valence-corrected chi connectivity index (χ4v) is 2.19. The smallest absolute Gasteiger partial charge is 0.0668 e. The molecule has 1 aromatic carbocycles. The molecule has 0 aliphatic heterocycles. The van der Waals surface area contributed by atoms with E-state index in [1.54, 1.807) is 30.6 Å². The Labute approximate surface area is 113 Å². The first-order valence-electron chi connectivity index (χ1n) is 4.34. The normalized spacial score (nSPS) is 10.5. The third-order valence-corrected chi connectivity index (χ3v) is 3.41. The second kappa shape index (κ2) is 4.80. The highest BCUT2D eigenvalue weighted by Gasteiger charge is 2.10. The van der Waals surface area contributed by atoms with E-state index in [2.05, 4.69) is 4.98 Å². The monoisotopic (exact) mass is 291 g/mol. The molecule has 0 saturated carbocycles. The summed E-state index contributed by atoms with van der Waals surface area (Å²) in [5.74, 6) is 0. The Balaban J connectivity index is 2.65. The van der Waals surface area contributed by atoms with Crippen LogP contribution in [0.25, 0.3) is 11.1 Å². The molecule has 1 heterocycles. The highest BCUT2D eigenvalue weighted by Crippen LogP contribution is 2.37. The van der Waals surface area contributed by atoms with Crippen LogP contribution in [0.5, 0.6) is 0 Å². The van der Waals surface area contributed by atoms with Gasteiger partial charge in [-0.15, -0.1) is 0 Å². The zero-order chi connectivity index (χ0) is 11.7. The Bertz CT molecular complexity index is 540. The van der Waals surface area contributed by atoms with Gasteiger partial charge in [-0.1, -0.05) is 46.4 Å². The quantitative estimate of drug-likeness (QED) is 0.645. The molecule has 0 N–H and O–H groups in total. The fourth-order valence-electron chi connectivity index (χ4n) is 1.32. The highest BCUT2D eigenvalue weighted by molar-refractivity contribution is 6.44. The maximum atomic E-state index is 6.09. The van der Waals surface area contributed by atoms with Crippen LogP contribution in [0.2, 0.25) is 20.1 Å². The third kappa shape index (κ3) is 2.28. The number of hydrogen-bond acceptors (Lipinski definition) is 1. The van der Waals surface area contributed by atoms with Crippen molar-refractivity contribution in [2.45, 2.75) is 0 Å². The largest absolute Gasteiger partial charge is 0.263 e. The molecule has 0 saturated heterocycles. The fraction of sp³-hybridized carbons (Fsp3) is 0. The molecule has 0 radical (unpaired) electrons. The lowest BCUT2D eigenvalue weighted by atomic mass is 10.1. The van der Waals surface area contributed by atoms with Gasteiger partial charge in [0.05, 0.1) is 20.1 Å². The molecule has 0 spiro atoms. The number of rotatable bonds is 1. The summed E-state index contributed by atoms with van der Waals surface area (Å²) in [4.78, 5) is 3.91.